The van der Waals surface area contributed by atoms with Gasteiger partial charge in [0.25, 0.3) is 0 Å². The number of aryl methyl sites for hydroxylation is 1. The van der Waals surface area contributed by atoms with Crippen molar-refractivity contribution >= 4 is 17.7 Å². The molecule has 0 spiro atoms. The molecule has 1 atom stereocenters. The highest BCUT2D eigenvalue weighted by atomic mass is 16.4. The van der Waals surface area contributed by atoms with E-state index in [2.05, 4.69) is 12.2 Å². The van der Waals surface area contributed by atoms with Crippen LogP contribution in [0.25, 0.3) is 0 Å². The van der Waals surface area contributed by atoms with E-state index >= 15 is 0 Å². The van der Waals surface area contributed by atoms with Crippen molar-refractivity contribution in [2.45, 2.75) is 27.2 Å². The number of carbonyl (C=O) groups is 2. The maximum absolute atomic E-state index is 12.1. The second-order valence-electron chi connectivity index (χ2n) is 5.54. The Morgan fingerprint density at radius 3 is 2.60 bits per heavy atom. The third-order valence-electron chi connectivity index (χ3n) is 3.86. The van der Waals surface area contributed by atoms with Crippen LogP contribution in [-0.4, -0.2) is 35.1 Å². The smallest absolute Gasteiger partial charge is 0.336 e. The molecule has 20 heavy (non-hydrogen) atoms. The molecule has 1 heterocycles. The molecule has 1 aliphatic rings. The van der Waals surface area contributed by atoms with Gasteiger partial charge >= 0.3 is 12.0 Å². The zero-order valence-electron chi connectivity index (χ0n) is 12.1. The van der Waals surface area contributed by atoms with Crippen molar-refractivity contribution in [1.29, 1.82) is 0 Å². The van der Waals surface area contributed by atoms with Crippen molar-refractivity contribution < 1.29 is 14.7 Å². The Morgan fingerprint density at radius 2 is 2.05 bits per heavy atom. The number of carboxylic acid groups (broad SMARTS) is 1. The Labute approximate surface area is 118 Å². The predicted molar refractivity (Wildman–Crippen MR) is 77.2 cm³/mol. The van der Waals surface area contributed by atoms with Crippen LogP contribution in [-0.2, 0) is 0 Å². The lowest BCUT2D eigenvalue weighted by Gasteiger charge is -2.18. The van der Waals surface area contributed by atoms with Crippen molar-refractivity contribution in [1.82, 2.24) is 4.90 Å². The first-order valence-electron chi connectivity index (χ1n) is 6.79. The van der Waals surface area contributed by atoms with Gasteiger partial charge in [0.05, 0.1) is 5.56 Å². The molecule has 0 bridgehead atoms. The topological polar surface area (TPSA) is 69.6 Å². The summed E-state index contributed by atoms with van der Waals surface area (Å²) in [6.45, 7) is 7.24. The molecule has 2 rings (SSSR count). The van der Waals surface area contributed by atoms with E-state index in [1.54, 1.807) is 17.9 Å². The van der Waals surface area contributed by atoms with Crippen molar-refractivity contribution in [2.24, 2.45) is 5.92 Å². The number of urea groups is 1. The van der Waals surface area contributed by atoms with Crippen LogP contribution in [0, 0.1) is 19.8 Å². The number of hydrogen-bond acceptors (Lipinski definition) is 2. The van der Waals surface area contributed by atoms with Gasteiger partial charge in [0.15, 0.2) is 0 Å². The molecule has 5 heteroatoms. The second-order valence-corrected chi connectivity index (χ2v) is 5.54. The van der Waals surface area contributed by atoms with Crippen LogP contribution in [0.15, 0.2) is 12.1 Å². The number of anilines is 1. The Balaban J connectivity index is 2.17. The van der Waals surface area contributed by atoms with Crippen molar-refractivity contribution in [2.75, 3.05) is 18.4 Å². The summed E-state index contributed by atoms with van der Waals surface area (Å²) in [5.74, 6) is -0.452. The van der Waals surface area contributed by atoms with Gasteiger partial charge in [-0.15, -0.1) is 0 Å². The van der Waals surface area contributed by atoms with Crippen LogP contribution in [0.4, 0.5) is 10.5 Å². The molecule has 0 radical (unpaired) electrons. The van der Waals surface area contributed by atoms with E-state index in [1.807, 2.05) is 6.92 Å². The molecule has 1 unspecified atom stereocenters. The molecular weight excluding hydrogens is 256 g/mol. The minimum Gasteiger partial charge on any atom is -0.478 e. The monoisotopic (exact) mass is 276 g/mol. The van der Waals surface area contributed by atoms with E-state index in [4.69, 9.17) is 0 Å². The van der Waals surface area contributed by atoms with Gasteiger partial charge in [0.1, 0.15) is 0 Å². The van der Waals surface area contributed by atoms with E-state index in [0.717, 1.165) is 30.6 Å². The fraction of sp³-hybridized carbons (Fsp3) is 0.467. The number of aromatic carboxylic acids is 1. The van der Waals surface area contributed by atoms with E-state index < -0.39 is 5.97 Å². The summed E-state index contributed by atoms with van der Waals surface area (Å²) in [4.78, 5) is 25.1. The zero-order valence-corrected chi connectivity index (χ0v) is 12.1. The first kappa shape index (κ1) is 14.4. The Hall–Kier alpha value is -2.04. The summed E-state index contributed by atoms with van der Waals surface area (Å²) >= 11 is 0. The molecule has 0 aromatic heterocycles. The highest BCUT2D eigenvalue weighted by molar-refractivity contribution is 5.94. The molecule has 1 fully saturated rings. The van der Waals surface area contributed by atoms with Gasteiger partial charge in [-0.25, -0.2) is 9.59 Å². The molecule has 2 amide bonds. The Morgan fingerprint density at radius 1 is 1.35 bits per heavy atom. The molecule has 1 aliphatic heterocycles. The zero-order chi connectivity index (χ0) is 14.9. The Kier molecular flexibility index (Phi) is 3.97. The average Bonchev–Trinajstić information content (AvgIpc) is 2.80. The molecule has 0 aliphatic carbocycles. The number of nitrogens with zero attached hydrogens (tertiary/aromatic N) is 1. The number of likely N-dealkylation sites (tertiary alicyclic amines) is 1. The summed E-state index contributed by atoms with van der Waals surface area (Å²) in [5, 5.41) is 12.0. The lowest BCUT2D eigenvalue weighted by molar-refractivity contribution is 0.0696. The number of carbonyl (C=O) groups excluding carboxylic acids is 1. The molecule has 2 N–H and O–H groups in total. The number of amides is 2. The quantitative estimate of drug-likeness (QED) is 0.872. The lowest BCUT2D eigenvalue weighted by Crippen LogP contribution is -2.32. The standard InChI is InChI=1S/C15H20N2O3/c1-9-4-5-17(8-9)15(20)16-12-6-10(2)11(3)13(7-12)14(18)19/h6-7,9H,4-5,8H2,1-3H3,(H,16,20)(H,18,19). The highest BCUT2D eigenvalue weighted by Crippen LogP contribution is 2.22. The minimum absolute atomic E-state index is 0.158. The maximum Gasteiger partial charge on any atom is 0.336 e. The van der Waals surface area contributed by atoms with Crippen molar-refractivity contribution in [3.05, 3.63) is 28.8 Å². The molecule has 1 aromatic rings. The van der Waals surface area contributed by atoms with E-state index in [0.29, 0.717) is 11.6 Å². The normalized spacial score (nSPS) is 18.1. The van der Waals surface area contributed by atoms with Crippen LogP contribution in [0.3, 0.4) is 0 Å². The van der Waals surface area contributed by atoms with Crippen LogP contribution >= 0.6 is 0 Å². The van der Waals surface area contributed by atoms with Crippen LogP contribution in [0.1, 0.15) is 34.8 Å². The number of hydrogen-bond donors (Lipinski definition) is 2. The average molecular weight is 276 g/mol. The summed E-state index contributed by atoms with van der Waals surface area (Å²) < 4.78 is 0. The summed E-state index contributed by atoms with van der Waals surface area (Å²) in [5.41, 5.74) is 2.35. The fourth-order valence-electron chi connectivity index (χ4n) is 2.48. The third-order valence-corrected chi connectivity index (χ3v) is 3.86. The van der Waals surface area contributed by atoms with Gasteiger partial charge in [0.2, 0.25) is 0 Å². The number of nitrogens with one attached hydrogen (secondary N) is 1. The molecular formula is C15H20N2O3. The highest BCUT2D eigenvalue weighted by Gasteiger charge is 2.23. The molecule has 0 saturated carbocycles. The van der Waals surface area contributed by atoms with Gasteiger partial charge in [0, 0.05) is 18.8 Å². The van der Waals surface area contributed by atoms with Crippen LogP contribution in [0.2, 0.25) is 0 Å². The van der Waals surface area contributed by atoms with Crippen molar-refractivity contribution in [3.8, 4) is 0 Å². The Bertz CT molecular complexity index is 554. The predicted octanol–water partition coefficient (Wildman–Crippen LogP) is 2.88. The lowest BCUT2D eigenvalue weighted by atomic mass is 10.0. The van der Waals surface area contributed by atoms with Gasteiger partial charge in [-0.3, -0.25) is 0 Å². The van der Waals surface area contributed by atoms with E-state index in [1.165, 1.54) is 6.07 Å². The largest absolute Gasteiger partial charge is 0.478 e. The fourth-order valence-corrected chi connectivity index (χ4v) is 2.48. The van der Waals surface area contributed by atoms with Gasteiger partial charge in [-0.05, 0) is 49.4 Å². The maximum atomic E-state index is 12.1. The summed E-state index contributed by atoms with van der Waals surface area (Å²) in [7, 11) is 0. The van der Waals surface area contributed by atoms with Crippen molar-refractivity contribution in [3.63, 3.8) is 0 Å². The molecule has 1 saturated heterocycles. The van der Waals surface area contributed by atoms with Gasteiger partial charge in [-0.1, -0.05) is 6.92 Å². The van der Waals surface area contributed by atoms with E-state index in [9.17, 15) is 14.7 Å². The van der Waals surface area contributed by atoms with Crippen LogP contribution in [0.5, 0.6) is 0 Å². The SMILES string of the molecule is Cc1cc(NC(=O)N2CCC(C)C2)cc(C(=O)O)c1C. The van der Waals surface area contributed by atoms with Gasteiger partial charge in [-0.2, -0.15) is 0 Å². The first-order chi connectivity index (χ1) is 9.38. The second kappa shape index (κ2) is 5.53. The summed E-state index contributed by atoms with van der Waals surface area (Å²) in [6.07, 6.45) is 1.01. The number of benzene rings is 1. The number of rotatable bonds is 2. The molecule has 5 nitrogen and oxygen atoms in total. The van der Waals surface area contributed by atoms with E-state index in [-0.39, 0.29) is 11.6 Å². The minimum atomic E-state index is -0.975. The summed E-state index contributed by atoms with van der Waals surface area (Å²) in [6, 6.07) is 3.16. The molecule has 108 valence electrons. The first-order valence-corrected chi connectivity index (χ1v) is 6.79. The third kappa shape index (κ3) is 2.92. The number of carboxylic acids is 1. The molecule has 1 aromatic carbocycles. The van der Waals surface area contributed by atoms with Gasteiger partial charge < -0.3 is 15.3 Å². The van der Waals surface area contributed by atoms with Crippen LogP contribution < -0.4 is 5.32 Å².